The maximum atomic E-state index is 10.3. The monoisotopic (exact) mass is 113 g/mol. The predicted octanol–water partition coefficient (Wildman–Crippen LogP) is 0.759. The quantitative estimate of drug-likeness (QED) is 0.495. The van der Waals surface area contributed by atoms with E-state index in [1.165, 1.54) is 20.8 Å². The van der Waals surface area contributed by atoms with Crippen LogP contribution in [0.15, 0.2) is 0 Å². The zero-order valence-electron chi connectivity index (χ0n) is 5.32. The van der Waals surface area contributed by atoms with E-state index in [1.54, 1.807) is 0 Å². The second-order valence-electron chi connectivity index (χ2n) is 1.74. The number of hydrogen-bond donors (Lipinski definition) is 0. The lowest BCUT2D eigenvalue weighted by molar-refractivity contribution is -0.122. The third-order valence-corrected chi connectivity index (χ3v) is 1.06. The molecule has 2 nitrogen and oxygen atoms in total. The van der Waals surface area contributed by atoms with Crippen molar-refractivity contribution in [2.24, 2.45) is 0 Å². The lowest BCUT2D eigenvalue weighted by Crippen LogP contribution is -2.11. The molecule has 0 rings (SSSR count). The average molecular weight is 113 g/mol. The molecule has 0 aliphatic carbocycles. The molecular formula is C6H9O2. The van der Waals surface area contributed by atoms with Crippen molar-refractivity contribution in [3.63, 3.8) is 0 Å². The molecule has 0 amide bonds. The minimum atomic E-state index is -0.141. The van der Waals surface area contributed by atoms with Gasteiger partial charge in [-0.25, -0.2) is 0 Å². The summed E-state index contributed by atoms with van der Waals surface area (Å²) in [7, 11) is 0. The standard InChI is InChI=1S/C6H9O2/c1-4(5(2)7)6(3)8/h1-3H3. The number of carbonyl (C=O) groups is 2. The van der Waals surface area contributed by atoms with Gasteiger partial charge >= 0.3 is 0 Å². The van der Waals surface area contributed by atoms with Gasteiger partial charge in [0.1, 0.15) is 17.5 Å². The van der Waals surface area contributed by atoms with Crippen LogP contribution in [0.1, 0.15) is 20.8 Å². The Morgan fingerprint density at radius 3 is 1.12 bits per heavy atom. The number of carbonyl (C=O) groups excluding carboxylic acids is 2. The maximum absolute atomic E-state index is 10.3. The molecule has 0 aliphatic rings. The third kappa shape index (κ3) is 1.87. The third-order valence-electron chi connectivity index (χ3n) is 1.06. The molecule has 0 unspecified atom stereocenters. The molecule has 0 aromatic carbocycles. The van der Waals surface area contributed by atoms with Gasteiger partial charge in [0.15, 0.2) is 0 Å². The van der Waals surface area contributed by atoms with Crippen molar-refractivity contribution in [1.82, 2.24) is 0 Å². The van der Waals surface area contributed by atoms with Crippen molar-refractivity contribution in [1.29, 1.82) is 0 Å². The molecule has 0 aromatic rings. The highest BCUT2D eigenvalue weighted by Crippen LogP contribution is 1.98. The Labute approximate surface area is 48.9 Å². The van der Waals surface area contributed by atoms with E-state index in [-0.39, 0.29) is 11.6 Å². The van der Waals surface area contributed by atoms with Crippen LogP contribution in [0.4, 0.5) is 0 Å². The van der Waals surface area contributed by atoms with Crippen LogP contribution in [-0.2, 0) is 9.59 Å². The Morgan fingerprint density at radius 2 is 1.12 bits per heavy atom. The van der Waals surface area contributed by atoms with Gasteiger partial charge in [-0.05, 0) is 20.8 Å². The van der Waals surface area contributed by atoms with Crippen molar-refractivity contribution in [2.45, 2.75) is 20.8 Å². The van der Waals surface area contributed by atoms with E-state index in [0.717, 1.165) is 0 Å². The van der Waals surface area contributed by atoms with Crippen molar-refractivity contribution < 1.29 is 9.59 Å². The molecule has 8 heavy (non-hydrogen) atoms. The summed E-state index contributed by atoms with van der Waals surface area (Å²) in [5, 5.41) is 0. The predicted molar refractivity (Wildman–Crippen MR) is 30.3 cm³/mol. The summed E-state index contributed by atoms with van der Waals surface area (Å²) in [6.45, 7) is 4.30. The Morgan fingerprint density at radius 1 is 0.875 bits per heavy atom. The molecule has 2 heteroatoms. The van der Waals surface area contributed by atoms with Gasteiger partial charge in [-0.15, -0.1) is 0 Å². The number of hydrogen-bond acceptors (Lipinski definition) is 2. The molecule has 0 bridgehead atoms. The lowest BCUT2D eigenvalue weighted by Gasteiger charge is -1.96. The topological polar surface area (TPSA) is 34.1 Å². The van der Waals surface area contributed by atoms with Crippen LogP contribution < -0.4 is 0 Å². The summed E-state index contributed by atoms with van der Waals surface area (Å²) in [4.78, 5) is 20.7. The van der Waals surface area contributed by atoms with Crippen LogP contribution in [0, 0.1) is 5.92 Å². The SMILES string of the molecule is C[C](C(C)=O)C(C)=O. The Bertz CT molecular complexity index is 102. The molecule has 0 spiro atoms. The van der Waals surface area contributed by atoms with Gasteiger partial charge in [-0.3, -0.25) is 9.59 Å². The van der Waals surface area contributed by atoms with Gasteiger partial charge < -0.3 is 0 Å². The van der Waals surface area contributed by atoms with E-state index in [0.29, 0.717) is 5.92 Å². The van der Waals surface area contributed by atoms with Crippen molar-refractivity contribution in [3.05, 3.63) is 5.92 Å². The summed E-state index contributed by atoms with van der Waals surface area (Å²) in [6.07, 6.45) is 0. The van der Waals surface area contributed by atoms with E-state index in [4.69, 9.17) is 0 Å². The van der Waals surface area contributed by atoms with Crippen LogP contribution in [-0.4, -0.2) is 11.6 Å². The molecular weight excluding hydrogens is 104 g/mol. The summed E-state index contributed by atoms with van der Waals surface area (Å²) >= 11 is 0. The lowest BCUT2D eigenvalue weighted by atomic mass is 10.0. The van der Waals surface area contributed by atoms with Gasteiger partial charge in [0.25, 0.3) is 0 Å². The van der Waals surface area contributed by atoms with Crippen molar-refractivity contribution >= 4 is 11.6 Å². The molecule has 0 aromatic heterocycles. The average Bonchev–Trinajstić information content (AvgIpc) is 1.64. The van der Waals surface area contributed by atoms with E-state index < -0.39 is 0 Å². The normalized spacial score (nSPS) is 9.50. The summed E-state index contributed by atoms with van der Waals surface area (Å²) in [6, 6.07) is 0. The molecule has 0 N–H and O–H groups in total. The summed E-state index contributed by atoms with van der Waals surface area (Å²) in [5.41, 5.74) is 0. The fourth-order valence-electron chi connectivity index (χ4n) is 0.248. The molecule has 0 saturated carbocycles. The first-order valence-electron chi connectivity index (χ1n) is 2.41. The minimum Gasteiger partial charge on any atom is -0.299 e. The zero-order valence-corrected chi connectivity index (χ0v) is 5.32. The summed E-state index contributed by atoms with van der Waals surface area (Å²) < 4.78 is 0. The molecule has 0 aliphatic heterocycles. The molecule has 1 radical (unpaired) electrons. The van der Waals surface area contributed by atoms with Crippen LogP contribution in [0.2, 0.25) is 0 Å². The van der Waals surface area contributed by atoms with Crippen LogP contribution >= 0.6 is 0 Å². The number of ketones is 2. The van der Waals surface area contributed by atoms with Gasteiger partial charge in [0, 0.05) is 0 Å². The van der Waals surface area contributed by atoms with Crippen LogP contribution in [0.3, 0.4) is 0 Å². The molecule has 0 fully saturated rings. The highest BCUT2D eigenvalue weighted by Gasteiger charge is 2.12. The largest absolute Gasteiger partial charge is 0.299 e. The first kappa shape index (κ1) is 7.34. The number of rotatable bonds is 2. The minimum absolute atomic E-state index is 0.141. The first-order chi connectivity index (χ1) is 3.55. The highest BCUT2D eigenvalue weighted by molar-refractivity contribution is 6.13. The van der Waals surface area contributed by atoms with Gasteiger partial charge in [-0.2, -0.15) is 0 Å². The smallest absolute Gasteiger partial charge is 0.144 e. The van der Waals surface area contributed by atoms with Crippen LogP contribution in [0.25, 0.3) is 0 Å². The van der Waals surface area contributed by atoms with Gasteiger partial charge in [0.2, 0.25) is 0 Å². The van der Waals surface area contributed by atoms with Crippen molar-refractivity contribution in [2.75, 3.05) is 0 Å². The fraction of sp³-hybridized carbons (Fsp3) is 0.500. The second kappa shape index (κ2) is 2.60. The van der Waals surface area contributed by atoms with E-state index >= 15 is 0 Å². The maximum Gasteiger partial charge on any atom is 0.144 e. The Kier molecular flexibility index (Phi) is 2.38. The fourth-order valence-corrected chi connectivity index (χ4v) is 0.248. The van der Waals surface area contributed by atoms with Crippen LogP contribution in [0.5, 0.6) is 0 Å². The first-order valence-corrected chi connectivity index (χ1v) is 2.41. The Balaban J connectivity index is 3.83. The summed E-state index contributed by atoms with van der Waals surface area (Å²) in [5.74, 6) is 0.0417. The molecule has 0 saturated heterocycles. The van der Waals surface area contributed by atoms with E-state index in [1.807, 2.05) is 0 Å². The van der Waals surface area contributed by atoms with E-state index in [2.05, 4.69) is 0 Å². The van der Waals surface area contributed by atoms with E-state index in [9.17, 15) is 9.59 Å². The van der Waals surface area contributed by atoms with Crippen molar-refractivity contribution in [3.8, 4) is 0 Å². The molecule has 45 valence electrons. The highest BCUT2D eigenvalue weighted by atomic mass is 16.1. The van der Waals surface area contributed by atoms with Gasteiger partial charge in [0.05, 0.1) is 0 Å². The van der Waals surface area contributed by atoms with Gasteiger partial charge in [-0.1, -0.05) is 0 Å². The zero-order chi connectivity index (χ0) is 6.73. The molecule has 0 heterocycles. The Hall–Kier alpha value is -0.660. The number of Topliss-reactive ketones (excluding diaryl/α,β-unsaturated/α-hetero) is 2. The second-order valence-corrected chi connectivity index (χ2v) is 1.74. The molecule has 0 atom stereocenters.